The van der Waals surface area contributed by atoms with Gasteiger partial charge in [-0.05, 0) is 52.7 Å². The summed E-state index contributed by atoms with van der Waals surface area (Å²) in [5.74, 6) is -3.26. The van der Waals surface area contributed by atoms with E-state index in [9.17, 15) is 23.2 Å². The molecule has 31 heavy (non-hydrogen) atoms. The third kappa shape index (κ3) is 4.22. The quantitative estimate of drug-likeness (QED) is 0.709. The van der Waals surface area contributed by atoms with Crippen molar-refractivity contribution in [1.29, 1.82) is 0 Å². The van der Waals surface area contributed by atoms with Crippen molar-refractivity contribution in [3.05, 3.63) is 34.9 Å². The third-order valence-electron chi connectivity index (χ3n) is 6.10. The van der Waals surface area contributed by atoms with Crippen molar-refractivity contribution in [2.45, 2.75) is 52.1 Å². The maximum atomic E-state index is 14.7. The number of carbonyl (C=O) groups excluding carboxylic acids is 3. The van der Waals surface area contributed by atoms with Crippen LogP contribution in [-0.2, 0) is 4.74 Å². The molecule has 1 aromatic rings. The normalized spacial score (nSPS) is 18.8. The topological polar surface area (TPSA) is 70.2 Å². The second kappa shape index (κ2) is 8.80. The standard InChI is InChI=1S/C22H29F2N3O4/c1-5-25(6-2)19(28)17-15(23)7-8-16(24)18(17)20(29)26-11-9-14(10-12-26)27-21(30)31-13-22(27,3)4/h7-8,14H,5-6,9-13H2,1-4H3. The fraction of sp³-hybridized carbons (Fsp3) is 0.591. The van der Waals surface area contributed by atoms with Crippen LogP contribution in [0.4, 0.5) is 13.6 Å². The number of piperidine rings is 1. The van der Waals surface area contributed by atoms with E-state index in [1.54, 1.807) is 18.7 Å². The van der Waals surface area contributed by atoms with Crippen molar-refractivity contribution >= 4 is 17.9 Å². The minimum atomic E-state index is -0.923. The Morgan fingerprint density at radius 2 is 1.65 bits per heavy atom. The zero-order valence-corrected chi connectivity index (χ0v) is 18.4. The number of benzene rings is 1. The van der Waals surface area contributed by atoms with E-state index in [0.717, 1.165) is 12.1 Å². The van der Waals surface area contributed by atoms with Crippen LogP contribution >= 0.6 is 0 Å². The summed E-state index contributed by atoms with van der Waals surface area (Å²) in [7, 11) is 0. The van der Waals surface area contributed by atoms with E-state index in [2.05, 4.69) is 0 Å². The van der Waals surface area contributed by atoms with Crippen LogP contribution < -0.4 is 0 Å². The van der Waals surface area contributed by atoms with Crippen LogP contribution in [0.5, 0.6) is 0 Å². The summed E-state index contributed by atoms with van der Waals surface area (Å²) in [6.07, 6.45) is 0.596. The van der Waals surface area contributed by atoms with Crippen LogP contribution in [0.25, 0.3) is 0 Å². The number of halogens is 2. The molecule has 0 unspecified atom stereocenters. The zero-order chi connectivity index (χ0) is 22.9. The molecule has 0 N–H and O–H groups in total. The summed E-state index contributed by atoms with van der Waals surface area (Å²) < 4.78 is 34.4. The number of hydrogen-bond donors (Lipinski definition) is 0. The van der Waals surface area contributed by atoms with Crippen LogP contribution in [0, 0.1) is 11.6 Å². The number of carbonyl (C=O) groups is 3. The molecule has 0 aliphatic carbocycles. The van der Waals surface area contributed by atoms with Crippen molar-refractivity contribution in [1.82, 2.24) is 14.7 Å². The summed E-state index contributed by atoms with van der Waals surface area (Å²) in [5, 5.41) is 0. The number of cyclic esters (lactones) is 1. The summed E-state index contributed by atoms with van der Waals surface area (Å²) >= 11 is 0. The molecule has 170 valence electrons. The minimum Gasteiger partial charge on any atom is -0.447 e. The van der Waals surface area contributed by atoms with Gasteiger partial charge >= 0.3 is 6.09 Å². The Morgan fingerprint density at radius 1 is 1.10 bits per heavy atom. The molecule has 2 saturated heterocycles. The first kappa shape index (κ1) is 23.0. The average Bonchev–Trinajstić information content (AvgIpc) is 3.02. The Hall–Kier alpha value is -2.71. The van der Waals surface area contributed by atoms with Gasteiger partial charge in [-0.15, -0.1) is 0 Å². The molecule has 9 heteroatoms. The molecule has 0 spiro atoms. The van der Waals surface area contributed by atoms with E-state index in [4.69, 9.17) is 4.74 Å². The molecule has 0 aromatic heterocycles. The Balaban J connectivity index is 1.82. The molecule has 1 aromatic carbocycles. The number of amides is 3. The molecule has 0 atom stereocenters. The zero-order valence-electron chi connectivity index (χ0n) is 18.4. The lowest BCUT2D eigenvalue weighted by Gasteiger charge is -2.40. The maximum Gasteiger partial charge on any atom is 0.410 e. The van der Waals surface area contributed by atoms with E-state index in [0.29, 0.717) is 32.5 Å². The van der Waals surface area contributed by atoms with Crippen LogP contribution in [0.15, 0.2) is 12.1 Å². The van der Waals surface area contributed by atoms with E-state index in [-0.39, 0.29) is 25.2 Å². The minimum absolute atomic E-state index is 0.108. The maximum absolute atomic E-state index is 14.7. The largest absolute Gasteiger partial charge is 0.447 e. The van der Waals surface area contributed by atoms with Gasteiger partial charge in [-0.2, -0.15) is 0 Å². The first-order valence-electron chi connectivity index (χ1n) is 10.6. The summed E-state index contributed by atoms with van der Waals surface area (Å²) in [5.41, 5.74) is -1.50. The van der Waals surface area contributed by atoms with Gasteiger partial charge in [-0.3, -0.25) is 14.5 Å². The molecule has 0 radical (unpaired) electrons. The van der Waals surface area contributed by atoms with Crippen molar-refractivity contribution in [3.8, 4) is 0 Å². The van der Waals surface area contributed by atoms with Gasteiger partial charge in [0.1, 0.15) is 18.2 Å². The van der Waals surface area contributed by atoms with Crippen LogP contribution in [0.1, 0.15) is 61.3 Å². The molecule has 2 aliphatic heterocycles. The number of hydrogen-bond acceptors (Lipinski definition) is 4. The van der Waals surface area contributed by atoms with E-state index < -0.39 is 40.1 Å². The van der Waals surface area contributed by atoms with Crippen molar-refractivity contribution < 1.29 is 27.9 Å². The lowest BCUT2D eigenvalue weighted by Crippen LogP contribution is -2.53. The van der Waals surface area contributed by atoms with Crippen LogP contribution in [0.3, 0.4) is 0 Å². The molecule has 0 bridgehead atoms. The monoisotopic (exact) mass is 437 g/mol. The smallest absolute Gasteiger partial charge is 0.410 e. The van der Waals surface area contributed by atoms with Gasteiger partial charge in [0.15, 0.2) is 0 Å². The SMILES string of the molecule is CCN(CC)C(=O)c1c(F)ccc(F)c1C(=O)N1CCC(N2C(=O)OCC2(C)C)CC1. The molecule has 3 rings (SSSR count). The first-order chi connectivity index (χ1) is 14.6. The Bertz CT molecular complexity index is 878. The van der Waals surface area contributed by atoms with Crippen molar-refractivity contribution in [2.24, 2.45) is 0 Å². The third-order valence-corrected chi connectivity index (χ3v) is 6.10. The summed E-state index contributed by atoms with van der Waals surface area (Å²) in [6.45, 7) is 8.75. The number of rotatable bonds is 5. The summed E-state index contributed by atoms with van der Waals surface area (Å²) in [6, 6.07) is 1.64. The molecular formula is C22H29F2N3O4. The highest BCUT2D eigenvalue weighted by Crippen LogP contribution is 2.31. The Kier molecular flexibility index (Phi) is 6.52. The van der Waals surface area contributed by atoms with Gasteiger partial charge in [0.25, 0.3) is 11.8 Å². The van der Waals surface area contributed by atoms with E-state index >= 15 is 0 Å². The van der Waals surface area contributed by atoms with Crippen LogP contribution in [0.2, 0.25) is 0 Å². The van der Waals surface area contributed by atoms with Crippen molar-refractivity contribution in [2.75, 3.05) is 32.8 Å². The number of nitrogens with zero attached hydrogens (tertiary/aromatic N) is 3. The van der Waals surface area contributed by atoms with Gasteiger partial charge in [0.05, 0.1) is 16.7 Å². The highest BCUT2D eigenvalue weighted by Gasteiger charge is 2.45. The van der Waals surface area contributed by atoms with Gasteiger partial charge in [0.2, 0.25) is 0 Å². The Morgan fingerprint density at radius 3 is 2.13 bits per heavy atom. The number of ether oxygens (including phenoxy) is 1. The molecule has 2 aliphatic rings. The van der Waals surface area contributed by atoms with E-state index in [1.807, 2.05) is 13.8 Å². The van der Waals surface area contributed by atoms with Crippen molar-refractivity contribution in [3.63, 3.8) is 0 Å². The highest BCUT2D eigenvalue weighted by molar-refractivity contribution is 6.07. The molecular weight excluding hydrogens is 408 g/mol. The second-order valence-corrected chi connectivity index (χ2v) is 8.52. The lowest BCUT2D eigenvalue weighted by molar-refractivity contribution is 0.0576. The predicted molar refractivity (Wildman–Crippen MR) is 110 cm³/mol. The second-order valence-electron chi connectivity index (χ2n) is 8.52. The van der Waals surface area contributed by atoms with E-state index in [1.165, 1.54) is 9.80 Å². The lowest BCUT2D eigenvalue weighted by atomic mass is 9.96. The predicted octanol–water partition coefficient (Wildman–Crippen LogP) is 3.28. The highest BCUT2D eigenvalue weighted by atomic mass is 19.1. The fourth-order valence-corrected chi connectivity index (χ4v) is 4.39. The molecule has 0 saturated carbocycles. The average molecular weight is 437 g/mol. The summed E-state index contributed by atoms with van der Waals surface area (Å²) in [4.78, 5) is 42.6. The van der Waals surface area contributed by atoms with Gasteiger partial charge < -0.3 is 14.5 Å². The van der Waals surface area contributed by atoms with Gasteiger partial charge in [-0.1, -0.05) is 0 Å². The molecule has 7 nitrogen and oxygen atoms in total. The molecule has 2 fully saturated rings. The first-order valence-corrected chi connectivity index (χ1v) is 10.6. The van der Waals surface area contributed by atoms with Gasteiger partial charge in [0, 0.05) is 32.2 Å². The fourth-order valence-electron chi connectivity index (χ4n) is 4.39. The molecule has 2 heterocycles. The van der Waals surface area contributed by atoms with Gasteiger partial charge in [-0.25, -0.2) is 13.6 Å². The number of likely N-dealkylation sites (tertiary alicyclic amines) is 1. The molecule has 3 amide bonds. The van der Waals surface area contributed by atoms with Crippen LogP contribution in [-0.4, -0.2) is 77.0 Å². The Labute approximate surface area is 180 Å².